The highest BCUT2D eigenvalue weighted by Gasteiger charge is 2.24. The number of aromatic amines is 1. The number of benzene rings is 1. The Morgan fingerprint density at radius 2 is 2.03 bits per heavy atom. The first-order valence-electron chi connectivity index (χ1n) is 9.29. The van der Waals surface area contributed by atoms with Crippen molar-refractivity contribution in [3.8, 4) is 5.69 Å². The average Bonchev–Trinajstić information content (AvgIpc) is 3.46. The molecule has 5 rings (SSSR count). The minimum atomic E-state index is -0.387. The van der Waals surface area contributed by atoms with Crippen molar-refractivity contribution in [3.05, 3.63) is 62.6 Å². The summed E-state index contributed by atoms with van der Waals surface area (Å²) in [4.78, 5) is 32.0. The lowest BCUT2D eigenvalue weighted by Crippen LogP contribution is -2.28. The van der Waals surface area contributed by atoms with E-state index in [2.05, 4.69) is 30.5 Å². The van der Waals surface area contributed by atoms with Crippen molar-refractivity contribution in [2.75, 3.05) is 5.32 Å². The summed E-state index contributed by atoms with van der Waals surface area (Å²) >= 11 is 14.1. The van der Waals surface area contributed by atoms with E-state index < -0.39 is 0 Å². The smallest absolute Gasteiger partial charge is 0.267 e. The van der Waals surface area contributed by atoms with E-state index in [1.54, 1.807) is 30.0 Å². The quantitative estimate of drug-likeness (QED) is 0.389. The number of rotatable bonds is 5. The Morgan fingerprint density at radius 3 is 2.81 bits per heavy atom. The fourth-order valence-corrected chi connectivity index (χ4v) is 4.46. The topological polar surface area (TPSA) is 114 Å². The number of H-pyrrole nitrogens is 1. The Morgan fingerprint density at radius 1 is 1.19 bits per heavy atom. The molecule has 31 heavy (non-hydrogen) atoms. The predicted octanol–water partition coefficient (Wildman–Crippen LogP) is 4.38. The van der Waals surface area contributed by atoms with Crippen LogP contribution in [0.15, 0.2) is 41.2 Å². The van der Waals surface area contributed by atoms with Gasteiger partial charge in [0.05, 0.1) is 44.4 Å². The zero-order valence-corrected chi connectivity index (χ0v) is 18.3. The maximum absolute atomic E-state index is 13.5. The summed E-state index contributed by atoms with van der Waals surface area (Å²) in [6.07, 6.45) is 5.24. The Bertz CT molecular complexity index is 1460. The van der Waals surface area contributed by atoms with Gasteiger partial charge in [-0.25, -0.2) is 19.9 Å². The molecule has 4 heterocycles. The van der Waals surface area contributed by atoms with Crippen LogP contribution in [0.3, 0.4) is 0 Å². The molecule has 1 aromatic carbocycles. The van der Waals surface area contributed by atoms with Crippen molar-refractivity contribution in [1.29, 1.82) is 0 Å². The van der Waals surface area contributed by atoms with Gasteiger partial charge in [-0.1, -0.05) is 30.1 Å². The van der Waals surface area contributed by atoms with E-state index in [4.69, 9.17) is 28.2 Å². The first-order valence-corrected chi connectivity index (χ1v) is 10.9. The summed E-state index contributed by atoms with van der Waals surface area (Å²) in [7, 11) is 0. The molecule has 12 heteroatoms. The van der Waals surface area contributed by atoms with E-state index in [1.807, 2.05) is 6.92 Å². The van der Waals surface area contributed by atoms with Crippen LogP contribution in [0, 0.1) is 0 Å². The fraction of sp³-hybridized carbons (Fsp3) is 0.158. The summed E-state index contributed by atoms with van der Waals surface area (Å²) in [5.74, 6) is 1.01. The summed E-state index contributed by atoms with van der Waals surface area (Å²) < 4.78 is 1.48. The zero-order valence-electron chi connectivity index (χ0n) is 16.0. The zero-order chi connectivity index (χ0) is 21.5. The van der Waals surface area contributed by atoms with Gasteiger partial charge in [0, 0.05) is 6.20 Å². The van der Waals surface area contributed by atoms with Crippen LogP contribution in [0.5, 0.6) is 0 Å². The number of halogens is 2. The summed E-state index contributed by atoms with van der Waals surface area (Å²) in [6, 6.07) is 2.83. The molecule has 0 bridgehead atoms. The second-order valence-electron chi connectivity index (χ2n) is 6.65. The van der Waals surface area contributed by atoms with Gasteiger partial charge >= 0.3 is 0 Å². The molecule has 0 aliphatic heterocycles. The molecule has 0 aliphatic carbocycles. The average molecular weight is 473 g/mol. The molecule has 4 aromatic heterocycles. The molecule has 0 saturated heterocycles. The Kier molecular flexibility index (Phi) is 5.05. The molecule has 0 amide bonds. The molecule has 1 unspecified atom stereocenters. The Labute approximate surface area is 189 Å². The standard InChI is InChI=1S/C19H14Cl2N8OS/c1-2-12(27-16-15-18(23-7-22-16)31-8-24-15)17-28-14-11(21)4-3-10(20)13(14)19(30)29(17)9-5-25-26-6-9/h3-8,12H,2H2,1H3,(H,25,26)(H,22,23,27). The molecule has 9 nitrogen and oxygen atoms in total. The number of hydrogen-bond donors (Lipinski definition) is 2. The molecule has 5 aromatic rings. The van der Waals surface area contributed by atoms with Crippen LogP contribution in [-0.4, -0.2) is 34.7 Å². The third kappa shape index (κ3) is 3.32. The predicted molar refractivity (Wildman–Crippen MR) is 121 cm³/mol. The Balaban J connectivity index is 1.76. The fourth-order valence-electron chi connectivity index (χ4n) is 3.40. The van der Waals surface area contributed by atoms with Crippen molar-refractivity contribution in [3.63, 3.8) is 0 Å². The number of nitrogens with zero attached hydrogens (tertiary/aromatic N) is 6. The van der Waals surface area contributed by atoms with Gasteiger partial charge in [-0.05, 0) is 18.6 Å². The second kappa shape index (κ2) is 7.88. The molecule has 2 N–H and O–H groups in total. The monoisotopic (exact) mass is 472 g/mol. The summed E-state index contributed by atoms with van der Waals surface area (Å²) in [5, 5.41) is 11.0. The van der Waals surface area contributed by atoms with Gasteiger partial charge in [0.2, 0.25) is 0 Å². The number of hydrogen-bond acceptors (Lipinski definition) is 8. The highest BCUT2D eigenvalue weighted by Crippen LogP contribution is 2.31. The molecule has 156 valence electrons. The SMILES string of the molecule is CCC(Nc1ncnc2scnc12)c1nc2c(Cl)ccc(Cl)c2c(=O)n1-c1cn[nH]c1. The van der Waals surface area contributed by atoms with Crippen LogP contribution in [0.1, 0.15) is 25.2 Å². The van der Waals surface area contributed by atoms with Gasteiger partial charge in [0.1, 0.15) is 22.5 Å². The van der Waals surface area contributed by atoms with Gasteiger partial charge in [-0.15, -0.1) is 11.3 Å². The van der Waals surface area contributed by atoms with E-state index in [9.17, 15) is 4.79 Å². The van der Waals surface area contributed by atoms with Crippen molar-refractivity contribution >= 4 is 61.6 Å². The normalized spacial score (nSPS) is 12.5. The number of thiazole rings is 1. The van der Waals surface area contributed by atoms with Crippen LogP contribution in [0.25, 0.3) is 26.9 Å². The van der Waals surface area contributed by atoms with E-state index in [0.29, 0.717) is 39.8 Å². The minimum Gasteiger partial charge on any atom is -0.358 e. The van der Waals surface area contributed by atoms with E-state index in [1.165, 1.54) is 22.2 Å². The van der Waals surface area contributed by atoms with Crippen LogP contribution in [0.2, 0.25) is 10.0 Å². The minimum absolute atomic E-state index is 0.248. The van der Waals surface area contributed by atoms with E-state index in [-0.39, 0.29) is 22.0 Å². The van der Waals surface area contributed by atoms with E-state index in [0.717, 1.165) is 4.83 Å². The number of fused-ring (bicyclic) bond motifs is 2. The molecule has 1 atom stereocenters. The van der Waals surface area contributed by atoms with Crippen LogP contribution < -0.4 is 10.9 Å². The Hall–Kier alpha value is -3.08. The van der Waals surface area contributed by atoms with Crippen molar-refractivity contribution in [2.24, 2.45) is 0 Å². The van der Waals surface area contributed by atoms with Crippen molar-refractivity contribution in [2.45, 2.75) is 19.4 Å². The lowest BCUT2D eigenvalue weighted by atomic mass is 10.1. The molecule has 0 fully saturated rings. The number of aromatic nitrogens is 7. The van der Waals surface area contributed by atoms with Gasteiger partial charge in [0.25, 0.3) is 5.56 Å². The number of anilines is 1. The molecule has 0 saturated carbocycles. The van der Waals surface area contributed by atoms with Crippen molar-refractivity contribution < 1.29 is 0 Å². The summed E-state index contributed by atoms with van der Waals surface area (Å²) in [6.45, 7) is 1.98. The lowest BCUT2D eigenvalue weighted by Gasteiger charge is -2.21. The molecule has 0 radical (unpaired) electrons. The second-order valence-corrected chi connectivity index (χ2v) is 8.30. The molecular weight excluding hydrogens is 459 g/mol. The third-order valence-corrected chi connectivity index (χ3v) is 6.21. The maximum Gasteiger partial charge on any atom is 0.267 e. The van der Waals surface area contributed by atoms with Crippen LogP contribution >= 0.6 is 34.5 Å². The third-order valence-electron chi connectivity index (χ3n) is 4.86. The first kappa shape index (κ1) is 19.9. The maximum atomic E-state index is 13.5. The molecule has 0 spiro atoms. The van der Waals surface area contributed by atoms with E-state index >= 15 is 0 Å². The van der Waals surface area contributed by atoms with Crippen LogP contribution in [0.4, 0.5) is 5.82 Å². The highest BCUT2D eigenvalue weighted by molar-refractivity contribution is 7.16. The first-order chi connectivity index (χ1) is 15.1. The van der Waals surface area contributed by atoms with Gasteiger partial charge in [-0.3, -0.25) is 14.5 Å². The van der Waals surface area contributed by atoms with Gasteiger partial charge < -0.3 is 5.32 Å². The summed E-state index contributed by atoms with van der Waals surface area (Å²) in [5.41, 5.74) is 2.91. The largest absolute Gasteiger partial charge is 0.358 e. The highest BCUT2D eigenvalue weighted by atomic mass is 35.5. The molecule has 0 aliphatic rings. The number of nitrogens with one attached hydrogen (secondary N) is 2. The van der Waals surface area contributed by atoms with Gasteiger partial charge in [0.15, 0.2) is 5.82 Å². The molecular formula is C19H14Cl2N8OS. The lowest BCUT2D eigenvalue weighted by molar-refractivity contribution is 0.659. The van der Waals surface area contributed by atoms with Crippen LogP contribution in [-0.2, 0) is 0 Å². The van der Waals surface area contributed by atoms with Crippen molar-refractivity contribution in [1.82, 2.24) is 34.7 Å². The van der Waals surface area contributed by atoms with Gasteiger partial charge in [-0.2, -0.15) is 5.10 Å².